The van der Waals surface area contributed by atoms with E-state index in [4.69, 9.17) is 28.1 Å². The summed E-state index contributed by atoms with van der Waals surface area (Å²) in [7, 11) is 0. The van der Waals surface area contributed by atoms with Gasteiger partial charge in [-0.1, -0.05) is 12.1 Å². The maximum absolute atomic E-state index is 13.9. The number of fused-ring (bicyclic) bond motifs is 1. The monoisotopic (exact) mass is 756 g/mol. The molecule has 2 aliphatic heterocycles. The lowest BCUT2D eigenvalue weighted by Gasteiger charge is -2.39. The average molecular weight is 757 g/mol. The predicted molar refractivity (Wildman–Crippen MR) is 181 cm³/mol. The van der Waals surface area contributed by atoms with Crippen LogP contribution in [0.3, 0.4) is 0 Å². The molecule has 0 amide bonds. The van der Waals surface area contributed by atoms with E-state index in [1.54, 1.807) is 12.1 Å². The molecule has 0 bridgehead atoms. The number of carbonyl (C=O) groups excluding carboxylic acids is 1. The van der Waals surface area contributed by atoms with Crippen LogP contribution in [0.15, 0.2) is 76.0 Å². The van der Waals surface area contributed by atoms with Crippen molar-refractivity contribution < 1.29 is 84.0 Å². The van der Waals surface area contributed by atoms with Crippen LogP contribution in [0.2, 0.25) is 0 Å². The lowest BCUT2D eigenvalue weighted by molar-refractivity contribution is -0.278. The summed E-state index contributed by atoms with van der Waals surface area (Å²) >= 11 is 0. The molecule has 2 aliphatic rings. The summed E-state index contributed by atoms with van der Waals surface area (Å²) in [6.45, 7) is -1.32. The molecule has 18 nitrogen and oxygen atoms in total. The Morgan fingerprint density at radius 3 is 1.98 bits per heavy atom. The first kappa shape index (κ1) is 38.4. The normalized spacial score (nSPS) is 28.6. The number of phenolic OH excluding ortho intramolecular Hbond substituents is 3. The van der Waals surface area contributed by atoms with Crippen molar-refractivity contribution >= 4 is 23.0 Å². The van der Waals surface area contributed by atoms with Gasteiger partial charge in [-0.15, -0.1) is 0 Å². The topological polar surface area (TPSA) is 296 Å². The van der Waals surface area contributed by atoms with E-state index in [1.165, 1.54) is 42.5 Å². The van der Waals surface area contributed by atoms with Crippen molar-refractivity contribution in [1.82, 2.24) is 0 Å². The molecule has 3 aromatic carbocycles. The molecular weight excluding hydrogens is 720 g/mol. The van der Waals surface area contributed by atoms with Crippen LogP contribution in [0.25, 0.3) is 28.4 Å². The Balaban J connectivity index is 1.26. The van der Waals surface area contributed by atoms with E-state index in [0.29, 0.717) is 5.56 Å². The lowest BCUT2D eigenvalue weighted by atomic mass is 9.99. The molecule has 0 radical (unpaired) electrons. The average Bonchev–Trinajstić information content (AvgIpc) is 3.15. The first-order chi connectivity index (χ1) is 25.7. The molecule has 2 saturated heterocycles. The van der Waals surface area contributed by atoms with Gasteiger partial charge in [0.15, 0.2) is 5.76 Å². The maximum atomic E-state index is 13.9. The third-order valence-corrected chi connectivity index (χ3v) is 8.73. The Morgan fingerprint density at radius 2 is 1.33 bits per heavy atom. The minimum Gasteiger partial charge on any atom is -0.508 e. The SMILES string of the molecule is O=C(C=Cc1ccc(O)cc1)OCC1O[C@@H](Oc2c(-c3ccc(O[C@@H]4OC(CO)[C@@H](O)C(O)C4O)cc3)oc3cc(O)cc(O)c3c2=O)C(O)C(O)[C@@H]1O. The van der Waals surface area contributed by atoms with Crippen molar-refractivity contribution in [3.8, 4) is 40.1 Å². The van der Waals surface area contributed by atoms with Crippen molar-refractivity contribution in [3.63, 3.8) is 0 Å². The van der Waals surface area contributed by atoms with Crippen LogP contribution in [-0.4, -0.2) is 132 Å². The second-order valence-corrected chi connectivity index (χ2v) is 12.5. The fourth-order valence-electron chi connectivity index (χ4n) is 5.78. The number of hydrogen-bond donors (Lipinski definition) is 10. The molecule has 54 heavy (non-hydrogen) atoms. The molecule has 0 saturated carbocycles. The number of phenols is 3. The highest BCUT2D eigenvalue weighted by molar-refractivity contribution is 5.88. The third kappa shape index (κ3) is 7.97. The van der Waals surface area contributed by atoms with E-state index < -0.39 is 109 Å². The summed E-state index contributed by atoms with van der Waals surface area (Å²) in [4.78, 5) is 26.3. The number of rotatable bonds is 10. The number of esters is 1. The highest BCUT2D eigenvalue weighted by Crippen LogP contribution is 2.38. The molecule has 6 rings (SSSR count). The standard InChI is InChI=1S/C36H36O18/c37-13-22-26(42)29(45)31(47)35(52-22)50-19-8-4-16(5-9-19)33-34(28(44)25-20(40)11-18(39)12-21(25)51-33)54-36-32(48)30(46)27(43)23(53-36)14-49-24(41)10-3-15-1-6-17(38)7-2-15/h1-12,22-23,26-27,29-32,35-40,42-43,45-48H,13-14H2/t22?,23?,26-,27-,29?,30?,31?,32?,35-,36+/m1/s1. The molecule has 1 aromatic heterocycles. The van der Waals surface area contributed by atoms with Crippen molar-refractivity contribution in [2.75, 3.05) is 13.2 Å². The number of aromatic hydroxyl groups is 3. The number of ether oxygens (including phenoxy) is 5. The van der Waals surface area contributed by atoms with Gasteiger partial charge in [0.2, 0.25) is 23.8 Å². The van der Waals surface area contributed by atoms with E-state index in [0.717, 1.165) is 18.2 Å². The largest absolute Gasteiger partial charge is 0.508 e. The number of carbonyl (C=O) groups is 1. The van der Waals surface area contributed by atoms with Crippen LogP contribution in [0.1, 0.15) is 5.56 Å². The van der Waals surface area contributed by atoms with Gasteiger partial charge in [-0.25, -0.2) is 4.79 Å². The van der Waals surface area contributed by atoms with Gasteiger partial charge >= 0.3 is 5.97 Å². The summed E-state index contributed by atoms with van der Waals surface area (Å²) in [6, 6.07) is 13.2. The molecule has 288 valence electrons. The molecule has 0 aliphatic carbocycles. The Bertz CT molecular complexity index is 2030. The van der Waals surface area contributed by atoms with Crippen molar-refractivity contribution in [2.24, 2.45) is 0 Å². The van der Waals surface area contributed by atoms with E-state index in [2.05, 4.69) is 0 Å². The smallest absolute Gasteiger partial charge is 0.330 e. The van der Waals surface area contributed by atoms with E-state index in [9.17, 15) is 60.7 Å². The molecule has 18 heteroatoms. The fourth-order valence-corrected chi connectivity index (χ4v) is 5.78. The van der Waals surface area contributed by atoms with Gasteiger partial charge in [0.05, 0.1) is 6.61 Å². The molecule has 0 spiro atoms. The highest BCUT2D eigenvalue weighted by atomic mass is 16.7. The van der Waals surface area contributed by atoms with Gasteiger partial charge in [-0.05, 0) is 48.0 Å². The van der Waals surface area contributed by atoms with Crippen LogP contribution in [0, 0.1) is 0 Å². The van der Waals surface area contributed by atoms with Gasteiger partial charge in [-0.2, -0.15) is 0 Å². The predicted octanol–water partition coefficient (Wildman–Crippen LogP) is -0.802. The number of aliphatic hydroxyl groups excluding tert-OH is 7. The highest BCUT2D eigenvalue weighted by Gasteiger charge is 2.47. The van der Waals surface area contributed by atoms with Gasteiger partial charge in [0.1, 0.15) is 89.4 Å². The van der Waals surface area contributed by atoms with E-state index >= 15 is 0 Å². The van der Waals surface area contributed by atoms with Crippen LogP contribution >= 0.6 is 0 Å². The summed E-state index contributed by atoms with van der Waals surface area (Å²) in [5, 5.41) is 102. The summed E-state index contributed by atoms with van der Waals surface area (Å²) in [6.07, 6.45) is -14.4. The first-order valence-electron chi connectivity index (χ1n) is 16.4. The molecule has 6 unspecified atom stereocenters. The van der Waals surface area contributed by atoms with Crippen LogP contribution in [-0.2, 0) is 19.0 Å². The zero-order valence-corrected chi connectivity index (χ0v) is 27.9. The summed E-state index contributed by atoms with van der Waals surface area (Å²) in [5.74, 6) is -2.94. The Kier molecular flexibility index (Phi) is 11.4. The third-order valence-electron chi connectivity index (χ3n) is 8.73. The lowest BCUT2D eigenvalue weighted by Crippen LogP contribution is -2.60. The summed E-state index contributed by atoms with van der Waals surface area (Å²) in [5.41, 5.74) is -0.630. The van der Waals surface area contributed by atoms with Gasteiger partial charge < -0.3 is 79.2 Å². The van der Waals surface area contributed by atoms with Crippen molar-refractivity contribution in [3.05, 3.63) is 82.5 Å². The molecule has 3 heterocycles. The van der Waals surface area contributed by atoms with Crippen LogP contribution in [0.5, 0.6) is 28.7 Å². The van der Waals surface area contributed by atoms with Crippen molar-refractivity contribution in [1.29, 1.82) is 0 Å². The molecule has 10 N–H and O–H groups in total. The number of benzene rings is 3. The number of aliphatic hydroxyl groups is 7. The minimum absolute atomic E-state index is 0.0259. The quantitative estimate of drug-likeness (QED) is 0.0700. The Morgan fingerprint density at radius 1 is 0.722 bits per heavy atom. The second-order valence-electron chi connectivity index (χ2n) is 12.5. The molecule has 2 fully saturated rings. The maximum Gasteiger partial charge on any atom is 0.330 e. The summed E-state index contributed by atoms with van der Waals surface area (Å²) < 4.78 is 33.5. The molecule has 10 atom stereocenters. The Labute approximate surface area is 304 Å². The zero-order valence-electron chi connectivity index (χ0n) is 27.9. The van der Waals surface area contributed by atoms with Gasteiger partial charge in [-0.3, -0.25) is 4.79 Å². The number of hydrogen-bond acceptors (Lipinski definition) is 18. The molecular formula is C36H36O18. The Hall–Kier alpha value is -5.28. The second kappa shape index (κ2) is 16.0. The van der Waals surface area contributed by atoms with E-state index in [-0.39, 0.29) is 28.4 Å². The van der Waals surface area contributed by atoms with E-state index in [1.807, 2.05) is 0 Å². The minimum atomic E-state index is -1.98. The van der Waals surface area contributed by atoms with Gasteiger partial charge in [0.25, 0.3) is 0 Å². The first-order valence-corrected chi connectivity index (χ1v) is 16.4. The zero-order chi connectivity index (χ0) is 38.8. The van der Waals surface area contributed by atoms with Crippen LogP contribution < -0.4 is 14.9 Å². The van der Waals surface area contributed by atoms with Gasteiger partial charge in [0, 0.05) is 23.8 Å². The van der Waals surface area contributed by atoms with Crippen LogP contribution in [0.4, 0.5) is 0 Å². The van der Waals surface area contributed by atoms with Crippen molar-refractivity contribution in [2.45, 2.75) is 61.4 Å². The molecule has 4 aromatic rings. The fraction of sp³-hybridized carbons (Fsp3) is 0.333.